The van der Waals surface area contributed by atoms with Crippen molar-refractivity contribution in [2.24, 2.45) is 5.92 Å². The van der Waals surface area contributed by atoms with Crippen molar-refractivity contribution in [1.82, 2.24) is 29.2 Å². The summed E-state index contributed by atoms with van der Waals surface area (Å²) in [4.78, 5) is 37.1. The van der Waals surface area contributed by atoms with E-state index in [1.54, 1.807) is 24.1 Å². The smallest absolute Gasteiger partial charge is 0.264 e. The number of methoxy groups -OCH3 is 1. The lowest BCUT2D eigenvalue weighted by Crippen LogP contribution is -2.51. The lowest BCUT2D eigenvalue weighted by atomic mass is 9.85. The number of aromatic nitrogens is 5. The van der Waals surface area contributed by atoms with Gasteiger partial charge in [-0.1, -0.05) is 18.2 Å². The SMILES string of the molecule is COc1ccc(OC2CCC(C(=O)N3CCC(O)(Cn4cnc5c(cnn5-c5ccccc5)c4=O)CC3)CC2)nc1. The third kappa shape index (κ3) is 5.67. The number of likely N-dealkylation sites (tertiary alicyclic amines) is 1. The summed E-state index contributed by atoms with van der Waals surface area (Å²) in [5, 5.41) is 16.1. The number of fused-ring (bicyclic) bond motifs is 1. The minimum atomic E-state index is -1.09. The monoisotopic (exact) mass is 558 g/mol. The summed E-state index contributed by atoms with van der Waals surface area (Å²) in [6.45, 7) is 1.03. The van der Waals surface area contributed by atoms with Crippen molar-refractivity contribution in [3.8, 4) is 17.3 Å². The average molecular weight is 559 g/mol. The fraction of sp³-hybridized carbons (Fsp3) is 0.433. The van der Waals surface area contributed by atoms with E-state index in [1.165, 1.54) is 17.1 Å². The van der Waals surface area contributed by atoms with Gasteiger partial charge in [0.25, 0.3) is 5.56 Å². The van der Waals surface area contributed by atoms with Crippen LogP contribution in [0, 0.1) is 5.92 Å². The predicted octanol–water partition coefficient (Wildman–Crippen LogP) is 2.98. The number of carbonyl (C=O) groups is 1. The lowest BCUT2D eigenvalue weighted by molar-refractivity contribution is -0.141. The highest BCUT2D eigenvalue weighted by Crippen LogP contribution is 2.31. The number of hydrogen-bond donors (Lipinski definition) is 1. The Morgan fingerprint density at radius 2 is 1.78 bits per heavy atom. The molecule has 6 rings (SSSR count). The molecule has 0 atom stereocenters. The number of piperidine rings is 1. The maximum absolute atomic E-state index is 13.3. The molecule has 1 aliphatic carbocycles. The minimum absolute atomic E-state index is 0.0375. The van der Waals surface area contributed by atoms with Gasteiger partial charge in [0.05, 0.1) is 37.3 Å². The zero-order chi connectivity index (χ0) is 28.4. The maximum atomic E-state index is 13.3. The van der Waals surface area contributed by atoms with E-state index in [0.717, 1.165) is 31.4 Å². The average Bonchev–Trinajstić information content (AvgIpc) is 3.45. The first-order valence-corrected chi connectivity index (χ1v) is 14.1. The number of amides is 1. The van der Waals surface area contributed by atoms with Crippen LogP contribution in [0.25, 0.3) is 16.7 Å². The topological polar surface area (TPSA) is 125 Å². The van der Waals surface area contributed by atoms with Crippen LogP contribution >= 0.6 is 0 Å². The number of nitrogens with zero attached hydrogens (tertiary/aromatic N) is 6. The van der Waals surface area contributed by atoms with Gasteiger partial charge in [-0.3, -0.25) is 14.2 Å². The lowest BCUT2D eigenvalue weighted by Gasteiger charge is -2.40. The van der Waals surface area contributed by atoms with Gasteiger partial charge in [-0.05, 0) is 56.7 Å². The molecule has 0 bridgehead atoms. The van der Waals surface area contributed by atoms with E-state index in [-0.39, 0.29) is 30.0 Å². The van der Waals surface area contributed by atoms with Gasteiger partial charge in [-0.25, -0.2) is 14.6 Å². The number of para-hydroxylation sites is 1. The van der Waals surface area contributed by atoms with Gasteiger partial charge in [0.1, 0.15) is 23.6 Å². The number of pyridine rings is 1. The van der Waals surface area contributed by atoms with Crippen molar-refractivity contribution < 1.29 is 19.4 Å². The molecule has 1 aliphatic heterocycles. The Morgan fingerprint density at radius 3 is 2.46 bits per heavy atom. The molecule has 3 aromatic heterocycles. The van der Waals surface area contributed by atoms with Gasteiger partial charge >= 0.3 is 0 Å². The van der Waals surface area contributed by atoms with Gasteiger partial charge in [-0.15, -0.1) is 0 Å². The standard InChI is InChI=1S/C30H34N6O5/c1-40-24-11-12-26(31-17-24)41-23-9-7-21(8-10-23)28(37)34-15-13-30(39,14-16-34)19-35-20-32-27-25(29(35)38)18-33-36(27)22-5-3-2-4-6-22/h2-6,11-12,17-18,20-21,23,39H,7-10,13-16,19H2,1H3. The van der Waals surface area contributed by atoms with Gasteiger partial charge in [0.2, 0.25) is 11.8 Å². The number of hydrogen-bond acceptors (Lipinski definition) is 8. The Morgan fingerprint density at radius 1 is 1.02 bits per heavy atom. The van der Waals surface area contributed by atoms with Crippen LogP contribution in [-0.4, -0.2) is 72.1 Å². The molecular formula is C30H34N6O5. The van der Waals surface area contributed by atoms with Crippen molar-refractivity contribution in [3.05, 3.63) is 71.5 Å². The van der Waals surface area contributed by atoms with E-state index in [9.17, 15) is 14.7 Å². The highest BCUT2D eigenvalue weighted by molar-refractivity contribution is 5.79. The molecule has 41 heavy (non-hydrogen) atoms. The van der Waals surface area contributed by atoms with E-state index >= 15 is 0 Å². The van der Waals surface area contributed by atoms with E-state index in [2.05, 4.69) is 15.1 Å². The molecule has 1 aromatic carbocycles. The second-order valence-corrected chi connectivity index (χ2v) is 11.0. The first-order chi connectivity index (χ1) is 19.9. The van der Waals surface area contributed by atoms with Gasteiger partial charge in [0, 0.05) is 25.1 Å². The molecular weight excluding hydrogens is 524 g/mol. The normalized spacial score (nSPS) is 20.6. The van der Waals surface area contributed by atoms with Gasteiger partial charge < -0.3 is 19.5 Å². The Hall–Kier alpha value is -4.25. The molecule has 4 aromatic rings. The molecule has 0 unspecified atom stereocenters. The summed E-state index contributed by atoms with van der Waals surface area (Å²) in [6, 6.07) is 13.1. The van der Waals surface area contributed by atoms with Crippen molar-refractivity contribution >= 4 is 16.9 Å². The van der Waals surface area contributed by atoms with E-state index < -0.39 is 5.60 Å². The number of aliphatic hydroxyl groups is 1. The van der Waals surface area contributed by atoms with Crippen molar-refractivity contribution in [2.45, 2.75) is 56.8 Å². The minimum Gasteiger partial charge on any atom is -0.495 e. The number of carbonyl (C=O) groups excluding carboxylic acids is 1. The third-order valence-corrected chi connectivity index (χ3v) is 8.28. The Labute approximate surface area is 237 Å². The summed E-state index contributed by atoms with van der Waals surface area (Å²) < 4.78 is 14.2. The summed E-state index contributed by atoms with van der Waals surface area (Å²) >= 11 is 0. The Bertz CT molecular complexity index is 1550. The summed E-state index contributed by atoms with van der Waals surface area (Å²) in [5.41, 5.74) is -0.0429. The summed E-state index contributed by atoms with van der Waals surface area (Å²) in [5.74, 6) is 1.34. The van der Waals surface area contributed by atoms with Gasteiger partial charge in [-0.2, -0.15) is 5.10 Å². The Balaban J connectivity index is 1.03. The largest absolute Gasteiger partial charge is 0.495 e. The zero-order valence-electron chi connectivity index (χ0n) is 23.1. The molecule has 1 N–H and O–H groups in total. The van der Waals surface area contributed by atoms with Crippen LogP contribution in [-0.2, 0) is 11.3 Å². The Kier molecular flexibility index (Phi) is 7.44. The zero-order valence-corrected chi connectivity index (χ0v) is 23.1. The van der Waals surface area contributed by atoms with Crippen LogP contribution in [0.15, 0.2) is 66.0 Å². The highest BCUT2D eigenvalue weighted by atomic mass is 16.5. The number of rotatable bonds is 7. The molecule has 0 spiro atoms. The first-order valence-electron chi connectivity index (χ1n) is 14.1. The molecule has 4 heterocycles. The fourth-order valence-electron chi connectivity index (χ4n) is 5.85. The van der Waals surface area contributed by atoms with E-state index in [0.29, 0.717) is 48.6 Å². The quantitative estimate of drug-likeness (QED) is 0.367. The second-order valence-electron chi connectivity index (χ2n) is 11.0. The fourth-order valence-corrected chi connectivity index (χ4v) is 5.85. The molecule has 11 nitrogen and oxygen atoms in total. The van der Waals surface area contributed by atoms with Gasteiger partial charge in [0.15, 0.2) is 5.65 Å². The van der Waals surface area contributed by atoms with E-state index in [1.807, 2.05) is 41.3 Å². The number of ether oxygens (including phenoxy) is 2. The van der Waals surface area contributed by atoms with Crippen LogP contribution in [0.4, 0.5) is 0 Å². The van der Waals surface area contributed by atoms with Crippen LogP contribution in [0.1, 0.15) is 38.5 Å². The second kappa shape index (κ2) is 11.3. The molecule has 1 saturated carbocycles. The molecule has 11 heteroatoms. The number of benzene rings is 1. The first kappa shape index (κ1) is 26.9. The molecule has 2 fully saturated rings. The molecule has 2 aliphatic rings. The summed E-state index contributed by atoms with van der Waals surface area (Å²) in [6.07, 6.45) is 8.57. The van der Waals surface area contributed by atoms with Crippen LogP contribution in [0.2, 0.25) is 0 Å². The molecule has 1 amide bonds. The third-order valence-electron chi connectivity index (χ3n) is 8.28. The predicted molar refractivity (Wildman–Crippen MR) is 151 cm³/mol. The van der Waals surface area contributed by atoms with E-state index in [4.69, 9.17) is 9.47 Å². The van der Waals surface area contributed by atoms with Crippen LogP contribution in [0.5, 0.6) is 11.6 Å². The van der Waals surface area contributed by atoms with Crippen molar-refractivity contribution in [1.29, 1.82) is 0 Å². The molecule has 1 saturated heterocycles. The maximum Gasteiger partial charge on any atom is 0.264 e. The summed E-state index contributed by atoms with van der Waals surface area (Å²) in [7, 11) is 1.60. The molecule has 214 valence electrons. The van der Waals surface area contributed by atoms with Crippen LogP contribution < -0.4 is 15.0 Å². The van der Waals surface area contributed by atoms with Crippen LogP contribution in [0.3, 0.4) is 0 Å². The van der Waals surface area contributed by atoms with Crippen molar-refractivity contribution in [3.63, 3.8) is 0 Å². The molecule has 0 radical (unpaired) electrons. The highest BCUT2D eigenvalue weighted by Gasteiger charge is 2.37. The van der Waals surface area contributed by atoms with Crippen molar-refractivity contribution in [2.75, 3.05) is 20.2 Å².